The molecular formula is C76H72N2Si2. The van der Waals surface area contributed by atoms with E-state index in [1.54, 1.807) is 0 Å². The van der Waals surface area contributed by atoms with Crippen molar-refractivity contribution in [3.63, 3.8) is 0 Å². The molecule has 0 aliphatic rings. The van der Waals surface area contributed by atoms with Gasteiger partial charge in [-0.25, -0.2) is 0 Å². The molecule has 0 N–H and O–H groups in total. The average Bonchev–Trinajstić information content (AvgIpc) is 4.19. The second-order valence-electron chi connectivity index (χ2n) is 25.4. The van der Waals surface area contributed by atoms with E-state index in [9.17, 15) is 0 Å². The molecule has 0 heterocycles. The predicted molar refractivity (Wildman–Crippen MR) is 358 cm³/mol. The third-order valence-electron chi connectivity index (χ3n) is 18.2. The van der Waals surface area contributed by atoms with E-state index < -0.39 is 16.1 Å². The largest absolute Gasteiger partial charge is 0.310 e. The van der Waals surface area contributed by atoms with Gasteiger partial charge in [-0.15, -0.1) is 0 Å². The second kappa shape index (κ2) is 18.8. The summed E-state index contributed by atoms with van der Waals surface area (Å²) in [6.07, 6.45) is 0. The Balaban J connectivity index is 1.21. The SMILES string of the molecule is Cc1ccc(N(c2ccc(C)c(C)c2)c2ccc3c4c(-c5ccc([Si](C)(C)C)cc5)c5c6cccc7c(N(c8ccc(C)c(C)c8)c8ccc(C)c(C)c8)ccc(c5c(-c5ccc([Si](C)(C)C)cc5)c4c4cccc2c43)c76)cc1C. The molecule has 13 rings (SSSR count). The fraction of sp³-hybridized carbons (Fsp3) is 0.184. The maximum absolute atomic E-state index is 2.50. The van der Waals surface area contributed by atoms with Crippen LogP contribution in [0.15, 0.2) is 182 Å². The van der Waals surface area contributed by atoms with Gasteiger partial charge in [0.25, 0.3) is 0 Å². The number of aryl methyl sites for hydroxylation is 8. The minimum atomic E-state index is -1.63. The summed E-state index contributed by atoms with van der Waals surface area (Å²) in [7, 11) is -3.26. The number of hydrogen-bond donors (Lipinski definition) is 0. The molecule has 0 radical (unpaired) electrons. The van der Waals surface area contributed by atoms with Gasteiger partial charge < -0.3 is 9.80 Å². The summed E-state index contributed by atoms with van der Waals surface area (Å²) in [5.41, 5.74) is 22.5. The van der Waals surface area contributed by atoms with Crippen molar-refractivity contribution < 1.29 is 0 Å². The summed E-state index contributed by atoms with van der Waals surface area (Å²) < 4.78 is 0. The summed E-state index contributed by atoms with van der Waals surface area (Å²) >= 11 is 0. The first kappa shape index (κ1) is 51.4. The Morgan fingerprint density at radius 3 is 0.800 bits per heavy atom. The molecule has 0 fully saturated rings. The number of benzene rings is 11. The number of nitrogens with zero attached hydrogens (tertiary/aromatic N) is 2. The highest BCUT2D eigenvalue weighted by atomic mass is 28.3. The highest BCUT2D eigenvalue weighted by molar-refractivity contribution is 6.89. The van der Waals surface area contributed by atoms with Crippen molar-refractivity contribution in [2.24, 2.45) is 0 Å². The topological polar surface area (TPSA) is 6.48 Å². The number of hydrogen-bond acceptors (Lipinski definition) is 2. The van der Waals surface area contributed by atoms with Crippen LogP contribution in [0.25, 0.3) is 86.9 Å². The standard InChI is InChI=1S/C76H72N2Si2/c1-45-21-29-55(41-49(45)5)77(56-30-22-46(2)50(6)42-56)67-39-37-65-71-61(67)17-15-19-63(71)73-69(53-25-33-59(34-26-53)79(9,10)11)76-66-38-40-68(78(57-31-23-47(3)51(7)43-57)58-32-24-48(4)52(8)44-58)62-18-16-20-64(72(62)66)74(76)70(75(65)73)54-27-35-60(36-28-54)80(12,13)14/h15-44H,1-14H3. The molecule has 394 valence electrons. The van der Waals surface area contributed by atoms with E-state index in [0.717, 1.165) is 22.7 Å². The average molecular weight is 1070 g/mol. The van der Waals surface area contributed by atoms with Gasteiger partial charge in [-0.05, 0) is 237 Å². The quantitative estimate of drug-likeness (QED) is 0.126. The lowest BCUT2D eigenvalue weighted by atomic mass is 9.87. The first-order chi connectivity index (χ1) is 38.3. The molecule has 0 atom stereocenters. The molecule has 0 bridgehead atoms. The molecule has 0 aromatic heterocycles. The highest BCUT2D eigenvalue weighted by Crippen LogP contribution is 2.58. The molecule has 0 unspecified atom stereocenters. The van der Waals surface area contributed by atoms with Crippen molar-refractivity contribution in [1.29, 1.82) is 0 Å². The van der Waals surface area contributed by atoms with Gasteiger partial charge in [-0.3, -0.25) is 0 Å². The molecule has 4 heteroatoms. The van der Waals surface area contributed by atoms with Crippen LogP contribution in [0, 0.1) is 55.4 Å². The molecule has 0 saturated heterocycles. The van der Waals surface area contributed by atoms with Crippen LogP contribution in [-0.2, 0) is 0 Å². The van der Waals surface area contributed by atoms with E-state index in [-0.39, 0.29) is 0 Å². The third-order valence-corrected chi connectivity index (χ3v) is 22.3. The molecule has 0 saturated carbocycles. The van der Waals surface area contributed by atoms with E-state index >= 15 is 0 Å². The van der Waals surface area contributed by atoms with E-state index in [1.807, 2.05) is 0 Å². The summed E-state index contributed by atoms with van der Waals surface area (Å²) in [6.45, 7) is 32.6. The summed E-state index contributed by atoms with van der Waals surface area (Å²) in [6, 6.07) is 71.4. The number of rotatable bonds is 10. The molecule has 0 amide bonds. The zero-order valence-corrected chi connectivity index (χ0v) is 51.2. The van der Waals surface area contributed by atoms with Gasteiger partial charge in [0.1, 0.15) is 0 Å². The van der Waals surface area contributed by atoms with Gasteiger partial charge in [0, 0.05) is 33.5 Å². The Bertz CT molecular complexity index is 4170. The Morgan fingerprint density at radius 2 is 0.525 bits per heavy atom. The van der Waals surface area contributed by atoms with Gasteiger partial charge >= 0.3 is 0 Å². The lowest BCUT2D eigenvalue weighted by Crippen LogP contribution is -2.37. The lowest BCUT2D eigenvalue weighted by Gasteiger charge is -2.28. The van der Waals surface area contributed by atoms with E-state index in [2.05, 4.69) is 286 Å². The maximum Gasteiger partial charge on any atom is 0.0775 e. The van der Waals surface area contributed by atoms with Gasteiger partial charge in [-0.1, -0.05) is 171 Å². The van der Waals surface area contributed by atoms with Crippen LogP contribution in [0.2, 0.25) is 39.3 Å². The smallest absolute Gasteiger partial charge is 0.0775 e. The Hall–Kier alpha value is -8.03. The van der Waals surface area contributed by atoms with Crippen molar-refractivity contribution in [2.45, 2.75) is 94.7 Å². The van der Waals surface area contributed by atoms with E-state index in [1.165, 1.54) is 153 Å². The van der Waals surface area contributed by atoms with Crippen molar-refractivity contribution in [2.75, 3.05) is 9.80 Å². The van der Waals surface area contributed by atoms with Gasteiger partial charge in [0.05, 0.1) is 27.5 Å². The number of anilines is 6. The molecule has 0 aliphatic carbocycles. The van der Waals surface area contributed by atoms with Crippen LogP contribution in [0.1, 0.15) is 44.5 Å². The maximum atomic E-state index is 2.50. The van der Waals surface area contributed by atoms with Crippen LogP contribution >= 0.6 is 0 Å². The molecule has 13 aromatic carbocycles. The Kier molecular flexibility index (Phi) is 12.1. The molecule has 80 heavy (non-hydrogen) atoms. The fourth-order valence-corrected chi connectivity index (χ4v) is 15.3. The minimum Gasteiger partial charge on any atom is -0.310 e. The second-order valence-corrected chi connectivity index (χ2v) is 35.5. The van der Waals surface area contributed by atoms with Crippen LogP contribution < -0.4 is 20.2 Å². The normalized spacial score (nSPS) is 12.4. The fourth-order valence-electron chi connectivity index (χ4n) is 13.0. The first-order valence-corrected chi connectivity index (χ1v) is 35.7. The zero-order valence-electron chi connectivity index (χ0n) is 49.2. The van der Waals surface area contributed by atoms with E-state index in [0.29, 0.717) is 0 Å². The van der Waals surface area contributed by atoms with Crippen molar-refractivity contribution in [1.82, 2.24) is 0 Å². The van der Waals surface area contributed by atoms with Crippen molar-refractivity contribution in [3.05, 3.63) is 226 Å². The Labute approximate surface area is 475 Å². The Morgan fingerprint density at radius 1 is 0.250 bits per heavy atom. The van der Waals surface area contributed by atoms with Crippen molar-refractivity contribution in [3.8, 4) is 22.3 Å². The molecule has 0 spiro atoms. The molecular weight excluding hydrogens is 997 g/mol. The monoisotopic (exact) mass is 1070 g/mol. The minimum absolute atomic E-state index is 1.16. The third kappa shape index (κ3) is 8.16. The molecule has 13 aromatic rings. The van der Waals surface area contributed by atoms with Gasteiger partial charge in [-0.2, -0.15) is 0 Å². The van der Waals surface area contributed by atoms with Gasteiger partial charge in [0.15, 0.2) is 0 Å². The van der Waals surface area contributed by atoms with Crippen LogP contribution in [0.3, 0.4) is 0 Å². The predicted octanol–water partition coefficient (Wildman–Crippen LogP) is 21.3. The summed E-state index contributed by atoms with van der Waals surface area (Å²) in [5, 5.41) is 18.5. The van der Waals surface area contributed by atoms with E-state index in [4.69, 9.17) is 0 Å². The van der Waals surface area contributed by atoms with Crippen LogP contribution in [0.5, 0.6) is 0 Å². The summed E-state index contributed by atoms with van der Waals surface area (Å²) in [4.78, 5) is 5.01. The zero-order chi connectivity index (χ0) is 55.8. The van der Waals surface area contributed by atoms with Gasteiger partial charge in [0.2, 0.25) is 0 Å². The summed E-state index contributed by atoms with van der Waals surface area (Å²) in [5.74, 6) is 0. The molecule has 0 aliphatic heterocycles. The number of fused-ring (bicyclic) bond motifs is 6. The lowest BCUT2D eigenvalue weighted by molar-refractivity contribution is 1.24. The molecule has 2 nitrogen and oxygen atoms in total. The van der Waals surface area contributed by atoms with Crippen LogP contribution in [0.4, 0.5) is 34.1 Å². The highest BCUT2D eigenvalue weighted by Gasteiger charge is 2.31. The first-order valence-electron chi connectivity index (χ1n) is 28.7. The van der Waals surface area contributed by atoms with Crippen LogP contribution in [-0.4, -0.2) is 16.1 Å². The van der Waals surface area contributed by atoms with Crippen molar-refractivity contribution >= 4 is 125 Å².